The molecule has 0 aromatic rings. The van der Waals surface area contributed by atoms with Crippen LogP contribution in [0.1, 0.15) is 46.0 Å². The Kier molecular flexibility index (Phi) is 5.89. The molecule has 1 saturated carbocycles. The Morgan fingerprint density at radius 2 is 1.88 bits per heavy atom. The van der Waals surface area contributed by atoms with Gasteiger partial charge in [0.2, 0.25) is 10.0 Å². The molecule has 0 aliphatic heterocycles. The third-order valence-corrected chi connectivity index (χ3v) is 4.68. The molecular formula is C12H26N2O2S. The molecule has 1 aliphatic rings. The van der Waals surface area contributed by atoms with Crippen LogP contribution in [-0.4, -0.2) is 33.8 Å². The Bertz CT molecular complexity index is 310. The van der Waals surface area contributed by atoms with E-state index in [9.17, 15) is 8.42 Å². The molecule has 1 rings (SSSR count). The summed E-state index contributed by atoms with van der Waals surface area (Å²) in [5, 5.41) is 3.27. The highest BCUT2D eigenvalue weighted by Gasteiger charge is 2.37. The third-order valence-electron chi connectivity index (χ3n) is 3.27. The number of sulfonamides is 1. The second-order valence-corrected chi connectivity index (χ2v) is 7.33. The van der Waals surface area contributed by atoms with Crippen LogP contribution in [0.15, 0.2) is 0 Å². The zero-order valence-corrected chi connectivity index (χ0v) is 11.9. The van der Waals surface area contributed by atoms with E-state index in [1.165, 1.54) is 0 Å². The molecule has 1 aliphatic carbocycles. The van der Waals surface area contributed by atoms with Gasteiger partial charge in [0.05, 0.1) is 5.75 Å². The molecule has 0 radical (unpaired) electrons. The lowest BCUT2D eigenvalue weighted by atomic mass is 10.2. The molecule has 0 aromatic carbocycles. The summed E-state index contributed by atoms with van der Waals surface area (Å²) in [6.07, 6.45) is 5.09. The predicted octanol–water partition coefficient (Wildman–Crippen LogP) is 1.49. The summed E-state index contributed by atoms with van der Waals surface area (Å²) >= 11 is 0. The molecule has 2 N–H and O–H groups in total. The van der Waals surface area contributed by atoms with Crippen LogP contribution >= 0.6 is 0 Å². The van der Waals surface area contributed by atoms with Crippen molar-refractivity contribution in [3.05, 3.63) is 0 Å². The molecule has 0 heterocycles. The number of hydrogen-bond acceptors (Lipinski definition) is 3. The second kappa shape index (κ2) is 6.71. The summed E-state index contributed by atoms with van der Waals surface area (Å²) in [6, 6.07) is 0. The van der Waals surface area contributed by atoms with E-state index in [0.29, 0.717) is 6.54 Å². The molecule has 1 fully saturated rings. The van der Waals surface area contributed by atoms with Crippen molar-refractivity contribution in [1.82, 2.24) is 10.0 Å². The minimum Gasteiger partial charge on any atom is -0.317 e. The Morgan fingerprint density at radius 1 is 1.18 bits per heavy atom. The van der Waals surface area contributed by atoms with Crippen molar-refractivity contribution in [3.63, 3.8) is 0 Å². The topological polar surface area (TPSA) is 58.2 Å². The van der Waals surface area contributed by atoms with Crippen LogP contribution < -0.4 is 10.0 Å². The van der Waals surface area contributed by atoms with Gasteiger partial charge in [0.15, 0.2) is 0 Å². The van der Waals surface area contributed by atoms with Crippen LogP contribution in [0.2, 0.25) is 0 Å². The lowest BCUT2D eigenvalue weighted by Gasteiger charge is -2.10. The Hall–Kier alpha value is -0.130. The lowest BCUT2D eigenvalue weighted by Crippen LogP contribution is -2.31. The van der Waals surface area contributed by atoms with Crippen LogP contribution in [0.3, 0.4) is 0 Å². The number of nitrogens with one attached hydrogen (secondary N) is 2. The van der Waals surface area contributed by atoms with Crippen LogP contribution in [-0.2, 0) is 10.0 Å². The molecule has 5 heteroatoms. The molecule has 4 nitrogen and oxygen atoms in total. The normalized spacial score (nSPS) is 18.2. The fourth-order valence-electron chi connectivity index (χ4n) is 1.59. The van der Waals surface area contributed by atoms with E-state index in [4.69, 9.17) is 0 Å². The van der Waals surface area contributed by atoms with Crippen molar-refractivity contribution < 1.29 is 8.42 Å². The molecule has 0 bridgehead atoms. The number of hydrogen-bond donors (Lipinski definition) is 2. The third kappa shape index (κ3) is 7.01. The maximum atomic E-state index is 11.7. The Balaban J connectivity index is 2.03. The Labute approximate surface area is 106 Å². The minimum atomic E-state index is -3.05. The van der Waals surface area contributed by atoms with Gasteiger partial charge in [0.1, 0.15) is 0 Å². The highest BCUT2D eigenvalue weighted by molar-refractivity contribution is 7.89. The van der Waals surface area contributed by atoms with Gasteiger partial charge in [0.25, 0.3) is 0 Å². The van der Waals surface area contributed by atoms with Gasteiger partial charge < -0.3 is 5.32 Å². The smallest absolute Gasteiger partial charge is 0.211 e. The van der Waals surface area contributed by atoms with Gasteiger partial charge in [0, 0.05) is 6.54 Å². The number of rotatable bonds is 10. The summed E-state index contributed by atoms with van der Waals surface area (Å²) in [5.41, 5.74) is 0.246. The largest absolute Gasteiger partial charge is 0.317 e. The summed E-state index contributed by atoms with van der Waals surface area (Å²) in [4.78, 5) is 0. The quantitative estimate of drug-likeness (QED) is 0.586. The first-order chi connectivity index (χ1) is 7.97. The van der Waals surface area contributed by atoms with E-state index in [-0.39, 0.29) is 11.2 Å². The van der Waals surface area contributed by atoms with E-state index >= 15 is 0 Å². The Morgan fingerprint density at radius 3 is 2.47 bits per heavy atom. The minimum absolute atomic E-state index is 0.246. The zero-order valence-electron chi connectivity index (χ0n) is 11.1. The van der Waals surface area contributed by atoms with E-state index in [0.717, 1.165) is 45.2 Å². The first-order valence-corrected chi connectivity index (χ1v) is 8.31. The standard InChI is InChI=1S/C12H26N2O2S/c1-3-8-13-9-4-5-10-17(15,16)14-11-12(2)6-7-12/h13-14H,3-11H2,1-2H3. The van der Waals surface area contributed by atoms with Crippen LogP contribution in [0.4, 0.5) is 0 Å². The van der Waals surface area contributed by atoms with Gasteiger partial charge in [-0.15, -0.1) is 0 Å². The maximum Gasteiger partial charge on any atom is 0.211 e. The monoisotopic (exact) mass is 262 g/mol. The van der Waals surface area contributed by atoms with Gasteiger partial charge in [-0.25, -0.2) is 13.1 Å². The highest BCUT2D eigenvalue weighted by Crippen LogP contribution is 2.44. The van der Waals surface area contributed by atoms with E-state index < -0.39 is 10.0 Å². The SMILES string of the molecule is CCCNCCCCS(=O)(=O)NCC1(C)CC1. The van der Waals surface area contributed by atoms with Gasteiger partial charge in [-0.2, -0.15) is 0 Å². The fourth-order valence-corrected chi connectivity index (χ4v) is 2.89. The lowest BCUT2D eigenvalue weighted by molar-refractivity contribution is 0.527. The predicted molar refractivity (Wildman–Crippen MR) is 71.5 cm³/mol. The maximum absolute atomic E-state index is 11.7. The van der Waals surface area contributed by atoms with E-state index in [1.54, 1.807) is 0 Å². The van der Waals surface area contributed by atoms with Gasteiger partial charge >= 0.3 is 0 Å². The summed E-state index contributed by atoms with van der Waals surface area (Å²) in [7, 11) is -3.05. The molecule has 102 valence electrons. The first-order valence-electron chi connectivity index (χ1n) is 6.65. The van der Waals surface area contributed by atoms with Gasteiger partial charge in [-0.05, 0) is 50.6 Å². The van der Waals surface area contributed by atoms with Crippen molar-refractivity contribution in [2.24, 2.45) is 5.41 Å². The van der Waals surface area contributed by atoms with Crippen molar-refractivity contribution in [1.29, 1.82) is 0 Å². The van der Waals surface area contributed by atoms with Crippen LogP contribution in [0.5, 0.6) is 0 Å². The average molecular weight is 262 g/mol. The average Bonchev–Trinajstić information content (AvgIpc) is 3.00. The molecule has 0 unspecified atom stereocenters. The summed E-state index contributed by atoms with van der Waals surface area (Å²) < 4.78 is 26.0. The van der Waals surface area contributed by atoms with Crippen molar-refractivity contribution in [3.8, 4) is 0 Å². The summed E-state index contributed by atoms with van der Waals surface area (Å²) in [5.74, 6) is 0.261. The van der Waals surface area contributed by atoms with Crippen molar-refractivity contribution in [2.45, 2.75) is 46.0 Å². The van der Waals surface area contributed by atoms with Crippen molar-refractivity contribution >= 4 is 10.0 Å². The van der Waals surface area contributed by atoms with Crippen LogP contribution in [0, 0.1) is 5.41 Å². The van der Waals surface area contributed by atoms with E-state index in [1.807, 2.05) is 0 Å². The molecule has 0 spiro atoms. The van der Waals surface area contributed by atoms with Gasteiger partial charge in [-0.3, -0.25) is 0 Å². The zero-order chi connectivity index (χ0) is 12.8. The second-order valence-electron chi connectivity index (χ2n) is 5.41. The first kappa shape index (κ1) is 14.9. The van der Waals surface area contributed by atoms with Gasteiger partial charge in [-0.1, -0.05) is 13.8 Å². The molecular weight excluding hydrogens is 236 g/mol. The van der Waals surface area contributed by atoms with Crippen LogP contribution in [0.25, 0.3) is 0 Å². The number of unbranched alkanes of at least 4 members (excludes halogenated alkanes) is 1. The molecule has 0 aromatic heterocycles. The molecule has 0 atom stereocenters. The molecule has 0 saturated heterocycles. The van der Waals surface area contributed by atoms with Crippen molar-refractivity contribution in [2.75, 3.05) is 25.4 Å². The molecule has 0 amide bonds. The van der Waals surface area contributed by atoms with E-state index in [2.05, 4.69) is 23.9 Å². The summed E-state index contributed by atoms with van der Waals surface area (Å²) in [6.45, 7) is 6.80. The highest BCUT2D eigenvalue weighted by atomic mass is 32.2. The molecule has 17 heavy (non-hydrogen) atoms. The fraction of sp³-hybridized carbons (Fsp3) is 1.00.